The van der Waals surface area contributed by atoms with Gasteiger partial charge in [0.05, 0.1) is 33.0 Å². The summed E-state index contributed by atoms with van der Waals surface area (Å²) in [7, 11) is 3.27. The molecule has 1 heterocycles. The zero-order valence-electron chi connectivity index (χ0n) is 11.5. The Morgan fingerprint density at radius 2 is 2.11 bits per heavy atom. The number of aryl methyl sites for hydroxylation is 1. The lowest BCUT2D eigenvalue weighted by Crippen LogP contribution is -2.18. The van der Waals surface area contributed by atoms with Crippen molar-refractivity contribution in [1.82, 2.24) is 9.78 Å². The predicted octanol–water partition coefficient (Wildman–Crippen LogP) is 1.91. The van der Waals surface area contributed by atoms with Crippen LogP contribution in [0.15, 0.2) is 30.6 Å². The molecule has 0 aliphatic carbocycles. The summed E-state index contributed by atoms with van der Waals surface area (Å²) in [4.78, 5) is 0. The van der Waals surface area contributed by atoms with Crippen LogP contribution in [0.3, 0.4) is 0 Å². The Labute approximate surface area is 112 Å². The van der Waals surface area contributed by atoms with Gasteiger partial charge in [0.15, 0.2) is 0 Å². The van der Waals surface area contributed by atoms with Gasteiger partial charge in [0, 0.05) is 11.8 Å². The third-order valence-electron chi connectivity index (χ3n) is 2.98. The second kappa shape index (κ2) is 5.75. The molecule has 0 bridgehead atoms. The summed E-state index contributed by atoms with van der Waals surface area (Å²) in [6.45, 7) is 2.60. The maximum absolute atomic E-state index is 6.24. The minimum absolute atomic E-state index is 0.204. The van der Waals surface area contributed by atoms with Crippen molar-refractivity contribution in [1.29, 1.82) is 0 Å². The molecule has 0 aliphatic heterocycles. The number of hydrogen-bond acceptors (Lipinski definition) is 4. The molecule has 1 atom stereocenters. The summed E-state index contributed by atoms with van der Waals surface area (Å²) < 4.78 is 12.4. The summed E-state index contributed by atoms with van der Waals surface area (Å²) in [6, 6.07) is 5.42. The van der Waals surface area contributed by atoms with Crippen molar-refractivity contribution in [2.24, 2.45) is 5.73 Å². The van der Waals surface area contributed by atoms with Crippen molar-refractivity contribution in [3.63, 3.8) is 0 Å². The van der Waals surface area contributed by atoms with Crippen LogP contribution < -0.4 is 15.2 Å². The molecule has 0 saturated heterocycles. The molecule has 0 aliphatic rings. The molecule has 1 aromatic carbocycles. The van der Waals surface area contributed by atoms with Crippen molar-refractivity contribution in [2.45, 2.75) is 19.5 Å². The second-order valence-corrected chi connectivity index (χ2v) is 4.45. The number of nitrogens with zero attached hydrogens (tertiary/aromatic N) is 2. The molecule has 2 N–H and O–H groups in total. The van der Waals surface area contributed by atoms with Crippen LogP contribution in [0.1, 0.15) is 17.2 Å². The quantitative estimate of drug-likeness (QED) is 0.893. The summed E-state index contributed by atoms with van der Waals surface area (Å²) in [5.41, 5.74) is 8.27. The smallest absolute Gasteiger partial charge is 0.123 e. The van der Waals surface area contributed by atoms with Crippen molar-refractivity contribution in [3.05, 3.63) is 41.7 Å². The maximum Gasteiger partial charge on any atom is 0.123 e. The number of ether oxygens (including phenoxy) is 2. The zero-order valence-corrected chi connectivity index (χ0v) is 11.5. The lowest BCUT2D eigenvalue weighted by molar-refractivity contribution is 0.390. The van der Waals surface area contributed by atoms with Crippen LogP contribution in [0.25, 0.3) is 0 Å². The molecule has 1 aromatic heterocycles. The third-order valence-corrected chi connectivity index (χ3v) is 2.98. The molecule has 0 radical (unpaired) electrons. The van der Waals surface area contributed by atoms with Gasteiger partial charge in [-0.25, -0.2) is 0 Å². The minimum Gasteiger partial charge on any atom is -0.497 e. The normalized spacial score (nSPS) is 12.2. The zero-order chi connectivity index (χ0) is 13.8. The van der Waals surface area contributed by atoms with Gasteiger partial charge in [0.1, 0.15) is 11.5 Å². The summed E-state index contributed by atoms with van der Waals surface area (Å²) in [5, 5.41) is 4.24. The van der Waals surface area contributed by atoms with E-state index in [1.807, 2.05) is 42.2 Å². The van der Waals surface area contributed by atoms with E-state index in [2.05, 4.69) is 5.10 Å². The average molecular weight is 261 g/mol. The van der Waals surface area contributed by atoms with E-state index in [0.717, 1.165) is 22.6 Å². The highest BCUT2D eigenvalue weighted by Gasteiger charge is 2.14. The molecular formula is C14H19N3O2. The van der Waals surface area contributed by atoms with Crippen LogP contribution >= 0.6 is 0 Å². The molecule has 102 valence electrons. The van der Waals surface area contributed by atoms with E-state index in [9.17, 15) is 0 Å². The van der Waals surface area contributed by atoms with Gasteiger partial charge in [0.25, 0.3) is 0 Å². The number of methoxy groups -OCH3 is 2. The van der Waals surface area contributed by atoms with E-state index in [4.69, 9.17) is 15.2 Å². The van der Waals surface area contributed by atoms with Crippen molar-refractivity contribution >= 4 is 0 Å². The first kappa shape index (κ1) is 13.4. The lowest BCUT2D eigenvalue weighted by atomic mass is 10.1. The second-order valence-electron chi connectivity index (χ2n) is 4.45. The fraction of sp³-hybridized carbons (Fsp3) is 0.357. The van der Waals surface area contributed by atoms with E-state index in [-0.39, 0.29) is 6.04 Å². The van der Waals surface area contributed by atoms with E-state index in [1.165, 1.54) is 0 Å². The fourth-order valence-electron chi connectivity index (χ4n) is 2.00. The number of hydrogen-bond donors (Lipinski definition) is 1. The Balaban J connectivity index is 2.23. The molecule has 0 fully saturated rings. The van der Waals surface area contributed by atoms with Crippen LogP contribution in [-0.4, -0.2) is 24.0 Å². The number of nitrogens with two attached hydrogens (primary N) is 1. The standard InChI is InChI=1S/C14H19N3O2/c1-10-7-16-17(8-10)9-13(15)12-6-11(18-2)4-5-14(12)19-3/h4-8,13H,9,15H2,1-3H3. The van der Waals surface area contributed by atoms with Crippen LogP contribution in [0, 0.1) is 6.92 Å². The fourth-order valence-corrected chi connectivity index (χ4v) is 2.00. The molecule has 2 aromatic rings. The Hall–Kier alpha value is -2.01. The molecular weight excluding hydrogens is 242 g/mol. The topological polar surface area (TPSA) is 62.3 Å². The van der Waals surface area contributed by atoms with Gasteiger partial charge >= 0.3 is 0 Å². The summed E-state index contributed by atoms with van der Waals surface area (Å²) >= 11 is 0. The Morgan fingerprint density at radius 1 is 1.32 bits per heavy atom. The monoisotopic (exact) mass is 261 g/mol. The Morgan fingerprint density at radius 3 is 2.68 bits per heavy atom. The lowest BCUT2D eigenvalue weighted by Gasteiger charge is -2.16. The molecule has 0 spiro atoms. The molecule has 2 rings (SSSR count). The van der Waals surface area contributed by atoms with Gasteiger partial charge in [0.2, 0.25) is 0 Å². The first-order valence-electron chi connectivity index (χ1n) is 6.10. The van der Waals surface area contributed by atoms with Crippen molar-refractivity contribution in [3.8, 4) is 11.5 Å². The first-order valence-corrected chi connectivity index (χ1v) is 6.10. The SMILES string of the molecule is COc1ccc(OC)c(C(N)Cn2cc(C)cn2)c1. The van der Waals surface area contributed by atoms with Gasteiger partial charge in [-0.15, -0.1) is 0 Å². The number of rotatable bonds is 5. The van der Waals surface area contributed by atoms with Gasteiger partial charge < -0.3 is 15.2 Å². The average Bonchev–Trinajstić information content (AvgIpc) is 2.83. The molecule has 1 unspecified atom stereocenters. The van der Waals surface area contributed by atoms with Crippen LogP contribution in [-0.2, 0) is 6.54 Å². The number of benzene rings is 1. The van der Waals surface area contributed by atoms with E-state index in [1.54, 1.807) is 14.2 Å². The molecule has 5 nitrogen and oxygen atoms in total. The van der Waals surface area contributed by atoms with Gasteiger partial charge in [-0.3, -0.25) is 4.68 Å². The largest absolute Gasteiger partial charge is 0.497 e. The van der Waals surface area contributed by atoms with Crippen LogP contribution in [0.5, 0.6) is 11.5 Å². The van der Waals surface area contributed by atoms with Crippen molar-refractivity contribution < 1.29 is 9.47 Å². The maximum atomic E-state index is 6.24. The highest BCUT2D eigenvalue weighted by molar-refractivity contribution is 5.42. The molecule has 5 heteroatoms. The van der Waals surface area contributed by atoms with E-state index < -0.39 is 0 Å². The number of aromatic nitrogens is 2. The van der Waals surface area contributed by atoms with Gasteiger partial charge in [-0.2, -0.15) is 5.10 Å². The van der Waals surface area contributed by atoms with Gasteiger partial charge in [-0.1, -0.05) is 0 Å². The van der Waals surface area contributed by atoms with Crippen molar-refractivity contribution in [2.75, 3.05) is 14.2 Å². The highest BCUT2D eigenvalue weighted by Crippen LogP contribution is 2.28. The predicted molar refractivity (Wildman–Crippen MR) is 73.4 cm³/mol. The summed E-state index contributed by atoms with van der Waals surface area (Å²) in [5.74, 6) is 1.53. The third kappa shape index (κ3) is 3.06. The minimum atomic E-state index is -0.204. The highest BCUT2D eigenvalue weighted by atomic mass is 16.5. The van der Waals surface area contributed by atoms with Crippen LogP contribution in [0.2, 0.25) is 0 Å². The molecule has 19 heavy (non-hydrogen) atoms. The van der Waals surface area contributed by atoms with E-state index >= 15 is 0 Å². The van der Waals surface area contributed by atoms with E-state index in [0.29, 0.717) is 6.54 Å². The Kier molecular flexibility index (Phi) is 4.06. The Bertz CT molecular complexity index is 551. The van der Waals surface area contributed by atoms with Crippen LogP contribution in [0.4, 0.5) is 0 Å². The summed E-state index contributed by atoms with van der Waals surface area (Å²) in [6.07, 6.45) is 3.78. The van der Waals surface area contributed by atoms with Gasteiger partial charge in [-0.05, 0) is 30.7 Å². The first-order chi connectivity index (χ1) is 9.13. The molecule has 0 saturated carbocycles. The molecule has 0 amide bonds.